The highest BCUT2D eigenvalue weighted by Crippen LogP contribution is 2.22. The number of hydrogen-bond acceptors (Lipinski definition) is 2. The molecule has 0 amide bonds. The monoisotopic (exact) mass is 223 g/mol. The molecule has 0 saturated carbocycles. The van der Waals surface area contributed by atoms with Gasteiger partial charge in [0.25, 0.3) is 0 Å². The molecule has 0 spiro atoms. The highest BCUT2D eigenvalue weighted by atomic mass is 15.3. The van der Waals surface area contributed by atoms with Gasteiger partial charge in [-0.3, -0.25) is 4.68 Å². The van der Waals surface area contributed by atoms with Crippen molar-refractivity contribution in [2.75, 3.05) is 0 Å². The molecule has 0 atom stereocenters. The van der Waals surface area contributed by atoms with Crippen molar-refractivity contribution in [1.82, 2.24) is 9.78 Å². The molecule has 3 heteroatoms. The summed E-state index contributed by atoms with van der Waals surface area (Å²) >= 11 is 0. The highest BCUT2D eigenvalue weighted by molar-refractivity contribution is 5.17. The Hall–Kier alpha value is -0.830. The fourth-order valence-electron chi connectivity index (χ4n) is 1.56. The van der Waals surface area contributed by atoms with E-state index in [0.717, 1.165) is 18.5 Å². The lowest BCUT2D eigenvalue weighted by atomic mass is 9.91. The van der Waals surface area contributed by atoms with Crippen LogP contribution in [0.2, 0.25) is 0 Å². The van der Waals surface area contributed by atoms with Gasteiger partial charge in [0.15, 0.2) is 0 Å². The summed E-state index contributed by atoms with van der Waals surface area (Å²) in [6.45, 7) is 10.7. The molecule has 2 N–H and O–H groups in total. The van der Waals surface area contributed by atoms with Crippen molar-refractivity contribution in [2.24, 2.45) is 12.8 Å². The van der Waals surface area contributed by atoms with Crippen molar-refractivity contribution in [3.63, 3.8) is 0 Å². The zero-order valence-corrected chi connectivity index (χ0v) is 11.5. The molecule has 92 valence electrons. The zero-order chi connectivity index (χ0) is 12.6. The van der Waals surface area contributed by atoms with E-state index < -0.39 is 0 Å². The minimum absolute atomic E-state index is 0.105. The fourth-order valence-corrected chi connectivity index (χ4v) is 1.56. The highest BCUT2D eigenvalue weighted by Gasteiger charge is 2.19. The molecular weight excluding hydrogens is 198 g/mol. The first-order chi connectivity index (χ1) is 7.09. The molecule has 0 aliphatic heterocycles. The maximum atomic E-state index is 6.00. The van der Waals surface area contributed by atoms with Crippen LogP contribution >= 0.6 is 0 Å². The summed E-state index contributed by atoms with van der Waals surface area (Å²) in [6, 6.07) is 2.20. The van der Waals surface area contributed by atoms with Crippen LogP contribution in [0.25, 0.3) is 0 Å². The Labute approximate surface area is 99.0 Å². The molecule has 0 aliphatic rings. The number of aryl methyl sites for hydroxylation is 2. The minimum Gasteiger partial charge on any atom is -0.326 e. The summed E-state index contributed by atoms with van der Waals surface area (Å²) in [5.41, 5.74) is 8.43. The van der Waals surface area contributed by atoms with Gasteiger partial charge in [0.2, 0.25) is 0 Å². The van der Waals surface area contributed by atoms with E-state index in [2.05, 4.69) is 45.8 Å². The van der Waals surface area contributed by atoms with E-state index in [1.807, 2.05) is 11.7 Å². The van der Waals surface area contributed by atoms with Crippen LogP contribution in [0.15, 0.2) is 6.07 Å². The predicted octanol–water partition coefficient (Wildman–Crippen LogP) is 2.39. The van der Waals surface area contributed by atoms with Crippen molar-refractivity contribution in [2.45, 2.75) is 58.4 Å². The third kappa shape index (κ3) is 3.63. The first-order valence-corrected chi connectivity index (χ1v) is 5.92. The Morgan fingerprint density at radius 1 is 1.25 bits per heavy atom. The standard InChI is InChI=1S/C13H25N3/c1-12(2,3)11-9-10(16(6)15-11)7-8-13(4,5)14/h9H,7-8,14H2,1-6H3. The third-order valence-electron chi connectivity index (χ3n) is 2.77. The van der Waals surface area contributed by atoms with Crippen LogP contribution in [0.3, 0.4) is 0 Å². The Morgan fingerprint density at radius 2 is 1.81 bits per heavy atom. The third-order valence-corrected chi connectivity index (χ3v) is 2.77. The molecule has 0 saturated heterocycles. The first-order valence-electron chi connectivity index (χ1n) is 5.92. The normalized spacial score (nSPS) is 13.2. The van der Waals surface area contributed by atoms with Crippen LogP contribution in [-0.2, 0) is 18.9 Å². The molecule has 3 nitrogen and oxygen atoms in total. The number of nitrogens with zero attached hydrogens (tertiary/aromatic N) is 2. The maximum Gasteiger partial charge on any atom is 0.0680 e. The lowest BCUT2D eigenvalue weighted by molar-refractivity contribution is 0.468. The van der Waals surface area contributed by atoms with Crippen LogP contribution in [0, 0.1) is 0 Å². The van der Waals surface area contributed by atoms with Crippen molar-refractivity contribution in [3.8, 4) is 0 Å². The molecule has 0 bridgehead atoms. The van der Waals surface area contributed by atoms with Crippen molar-refractivity contribution < 1.29 is 0 Å². The number of rotatable bonds is 3. The summed E-state index contributed by atoms with van der Waals surface area (Å²) in [5.74, 6) is 0. The zero-order valence-electron chi connectivity index (χ0n) is 11.5. The van der Waals surface area contributed by atoms with E-state index in [1.54, 1.807) is 0 Å². The smallest absolute Gasteiger partial charge is 0.0680 e. The predicted molar refractivity (Wildman–Crippen MR) is 68.5 cm³/mol. The topological polar surface area (TPSA) is 43.8 Å². The molecule has 1 heterocycles. The fraction of sp³-hybridized carbons (Fsp3) is 0.769. The first kappa shape index (κ1) is 13.2. The van der Waals surface area contributed by atoms with Gasteiger partial charge in [-0.05, 0) is 32.8 Å². The lowest BCUT2D eigenvalue weighted by Crippen LogP contribution is -2.32. The molecule has 0 fully saturated rings. The minimum atomic E-state index is -0.105. The molecule has 1 aromatic heterocycles. The number of nitrogens with two attached hydrogens (primary N) is 1. The summed E-state index contributed by atoms with van der Waals surface area (Å²) in [6.07, 6.45) is 1.97. The SMILES string of the molecule is Cn1nc(C(C)(C)C)cc1CCC(C)(C)N. The molecule has 0 unspecified atom stereocenters. The van der Waals surface area contributed by atoms with E-state index in [9.17, 15) is 0 Å². The van der Waals surface area contributed by atoms with Gasteiger partial charge in [0, 0.05) is 23.7 Å². The van der Waals surface area contributed by atoms with E-state index in [1.165, 1.54) is 5.69 Å². The summed E-state index contributed by atoms with van der Waals surface area (Å²) in [5, 5.41) is 4.56. The number of hydrogen-bond donors (Lipinski definition) is 1. The Balaban J connectivity index is 2.79. The van der Waals surface area contributed by atoms with Crippen LogP contribution in [0.4, 0.5) is 0 Å². The van der Waals surface area contributed by atoms with Crippen LogP contribution in [-0.4, -0.2) is 15.3 Å². The van der Waals surface area contributed by atoms with Crippen molar-refractivity contribution >= 4 is 0 Å². The Bertz CT molecular complexity index is 350. The molecule has 0 aromatic carbocycles. The van der Waals surface area contributed by atoms with Crippen LogP contribution in [0.1, 0.15) is 52.4 Å². The summed E-state index contributed by atoms with van der Waals surface area (Å²) in [4.78, 5) is 0. The van der Waals surface area contributed by atoms with Crippen molar-refractivity contribution in [1.29, 1.82) is 0 Å². The Kier molecular flexibility index (Phi) is 3.48. The van der Waals surface area contributed by atoms with Gasteiger partial charge in [-0.25, -0.2) is 0 Å². The largest absolute Gasteiger partial charge is 0.326 e. The van der Waals surface area contributed by atoms with E-state index in [4.69, 9.17) is 5.73 Å². The van der Waals surface area contributed by atoms with Gasteiger partial charge >= 0.3 is 0 Å². The van der Waals surface area contributed by atoms with Gasteiger partial charge in [0.05, 0.1) is 5.69 Å². The summed E-state index contributed by atoms with van der Waals surface area (Å²) < 4.78 is 1.98. The second-order valence-corrected chi connectivity index (χ2v) is 6.38. The lowest BCUT2D eigenvalue weighted by Gasteiger charge is -2.17. The van der Waals surface area contributed by atoms with Gasteiger partial charge in [-0.1, -0.05) is 20.8 Å². The average molecular weight is 223 g/mol. The molecular formula is C13H25N3. The maximum absolute atomic E-state index is 6.00. The molecule has 16 heavy (non-hydrogen) atoms. The molecule has 0 radical (unpaired) electrons. The quantitative estimate of drug-likeness (QED) is 0.855. The van der Waals surface area contributed by atoms with Crippen molar-refractivity contribution in [3.05, 3.63) is 17.5 Å². The number of aromatic nitrogens is 2. The second kappa shape index (κ2) is 4.21. The van der Waals surface area contributed by atoms with E-state index in [-0.39, 0.29) is 11.0 Å². The van der Waals surface area contributed by atoms with Gasteiger partial charge in [-0.15, -0.1) is 0 Å². The van der Waals surface area contributed by atoms with Gasteiger partial charge in [0.1, 0.15) is 0 Å². The van der Waals surface area contributed by atoms with Crippen LogP contribution < -0.4 is 5.73 Å². The molecule has 1 aromatic rings. The molecule has 1 rings (SSSR count). The second-order valence-electron chi connectivity index (χ2n) is 6.38. The Morgan fingerprint density at radius 3 is 2.19 bits per heavy atom. The van der Waals surface area contributed by atoms with Gasteiger partial charge in [-0.2, -0.15) is 5.10 Å². The van der Waals surface area contributed by atoms with E-state index in [0.29, 0.717) is 0 Å². The summed E-state index contributed by atoms with van der Waals surface area (Å²) in [7, 11) is 2.01. The van der Waals surface area contributed by atoms with Gasteiger partial charge < -0.3 is 5.73 Å². The van der Waals surface area contributed by atoms with Crippen LogP contribution in [0.5, 0.6) is 0 Å². The average Bonchev–Trinajstić information content (AvgIpc) is 2.41. The molecule has 0 aliphatic carbocycles. The van der Waals surface area contributed by atoms with E-state index >= 15 is 0 Å².